The van der Waals surface area contributed by atoms with Gasteiger partial charge in [0.15, 0.2) is 0 Å². The summed E-state index contributed by atoms with van der Waals surface area (Å²) < 4.78 is 5.50. The van der Waals surface area contributed by atoms with Crippen molar-refractivity contribution in [1.82, 2.24) is 10.2 Å². The number of nitrogen functional groups attached to an aromatic ring is 1. The number of likely N-dealkylation sites (N-methyl/N-ethyl adjacent to an activating group) is 1. The number of para-hydroxylation sites is 1. The third-order valence-corrected chi connectivity index (χ3v) is 6.24. The molecule has 0 aromatic heterocycles. The zero-order valence-corrected chi connectivity index (χ0v) is 17.3. The highest BCUT2D eigenvalue weighted by Gasteiger charge is 2.43. The molecule has 146 valence electrons. The molecule has 4 nitrogen and oxygen atoms in total. The van der Waals surface area contributed by atoms with E-state index in [4.69, 9.17) is 10.5 Å². The number of benzene rings is 2. The van der Waals surface area contributed by atoms with Gasteiger partial charge in [-0.05, 0) is 54.9 Å². The van der Waals surface area contributed by atoms with Gasteiger partial charge in [-0.15, -0.1) is 0 Å². The van der Waals surface area contributed by atoms with Crippen LogP contribution in [0, 0.1) is 0 Å². The predicted octanol–water partition coefficient (Wildman–Crippen LogP) is 3.59. The van der Waals surface area contributed by atoms with Crippen LogP contribution in [0.15, 0.2) is 42.5 Å². The highest BCUT2D eigenvalue weighted by atomic mass is 16.5. The van der Waals surface area contributed by atoms with Crippen LogP contribution in [0.4, 0.5) is 5.69 Å². The van der Waals surface area contributed by atoms with Crippen molar-refractivity contribution in [2.24, 2.45) is 0 Å². The Bertz CT molecular complexity index is 787. The molecule has 1 aliphatic carbocycles. The SMILES string of the molecule is CCN(C)[C@@H]1Cc2ccc(OC)cc2C(C)(C)C1NCc1ccccc1N. The summed E-state index contributed by atoms with van der Waals surface area (Å²) in [5.74, 6) is 0.926. The number of rotatable bonds is 6. The molecular weight excluding hydrogens is 334 g/mol. The molecule has 0 amide bonds. The molecule has 2 aromatic carbocycles. The third-order valence-electron chi connectivity index (χ3n) is 6.24. The molecule has 3 N–H and O–H groups in total. The summed E-state index contributed by atoms with van der Waals surface area (Å²) in [6, 6.07) is 15.4. The van der Waals surface area contributed by atoms with Crippen molar-refractivity contribution in [1.29, 1.82) is 0 Å². The fraction of sp³-hybridized carbons (Fsp3) is 0.478. The number of nitrogens with two attached hydrogens (primary N) is 1. The number of fused-ring (bicyclic) bond motifs is 1. The van der Waals surface area contributed by atoms with Crippen LogP contribution in [0.5, 0.6) is 5.75 Å². The van der Waals surface area contributed by atoms with E-state index in [1.54, 1.807) is 7.11 Å². The van der Waals surface area contributed by atoms with Crippen molar-refractivity contribution < 1.29 is 4.74 Å². The Hall–Kier alpha value is -2.04. The van der Waals surface area contributed by atoms with Gasteiger partial charge in [-0.1, -0.05) is 45.0 Å². The fourth-order valence-corrected chi connectivity index (χ4v) is 4.40. The van der Waals surface area contributed by atoms with Crippen LogP contribution in [-0.4, -0.2) is 37.7 Å². The zero-order valence-electron chi connectivity index (χ0n) is 17.3. The number of nitrogens with one attached hydrogen (secondary N) is 1. The molecule has 3 rings (SSSR count). The highest BCUT2D eigenvalue weighted by Crippen LogP contribution is 2.40. The zero-order chi connectivity index (χ0) is 19.6. The molecule has 1 unspecified atom stereocenters. The molecule has 2 atom stereocenters. The Kier molecular flexibility index (Phi) is 5.78. The quantitative estimate of drug-likeness (QED) is 0.766. The Morgan fingerprint density at radius 1 is 1.22 bits per heavy atom. The molecule has 0 saturated carbocycles. The van der Waals surface area contributed by atoms with Gasteiger partial charge in [-0.3, -0.25) is 0 Å². The van der Waals surface area contributed by atoms with E-state index in [0.29, 0.717) is 12.1 Å². The predicted molar refractivity (Wildman–Crippen MR) is 113 cm³/mol. The highest BCUT2D eigenvalue weighted by molar-refractivity contribution is 5.47. The molecule has 0 saturated heterocycles. The second-order valence-corrected chi connectivity index (χ2v) is 8.15. The molecular formula is C23H33N3O. The lowest BCUT2D eigenvalue weighted by molar-refractivity contribution is 0.138. The topological polar surface area (TPSA) is 50.5 Å². The lowest BCUT2D eigenvalue weighted by Crippen LogP contribution is -2.60. The smallest absolute Gasteiger partial charge is 0.119 e. The van der Waals surface area contributed by atoms with E-state index in [-0.39, 0.29) is 5.41 Å². The van der Waals surface area contributed by atoms with Gasteiger partial charge in [0.1, 0.15) is 5.75 Å². The van der Waals surface area contributed by atoms with E-state index in [1.807, 2.05) is 12.1 Å². The average molecular weight is 368 g/mol. The summed E-state index contributed by atoms with van der Waals surface area (Å²) in [4.78, 5) is 2.46. The van der Waals surface area contributed by atoms with Gasteiger partial charge < -0.3 is 20.7 Å². The van der Waals surface area contributed by atoms with E-state index < -0.39 is 0 Å². The van der Waals surface area contributed by atoms with Crippen LogP contribution < -0.4 is 15.8 Å². The summed E-state index contributed by atoms with van der Waals surface area (Å²) in [6.07, 6.45) is 1.04. The summed E-state index contributed by atoms with van der Waals surface area (Å²) in [5.41, 5.74) is 10.9. The number of nitrogens with zero attached hydrogens (tertiary/aromatic N) is 1. The second kappa shape index (κ2) is 7.91. The standard InChI is InChI=1S/C23H33N3O/c1-6-26(4)21-13-16-11-12-18(27-5)14-19(16)23(2,3)22(21)25-15-17-9-7-8-10-20(17)24/h7-12,14,21-22,25H,6,13,15,24H2,1-5H3/t21-,22?/m1/s1. The number of ether oxygens (including phenoxy) is 1. The van der Waals surface area contributed by atoms with E-state index >= 15 is 0 Å². The van der Waals surface area contributed by atoms with Crippen molar-refractivity contribution >= 4 is 5.69 Å². The van der Waals surface area contributed by atoms with Crippen molar-refractivity contribution in [2.75, 3.05) is 26.4 Å². The molecule has 0 fully saturated rings. The van der Waals surface area contributed by atoms with Crippen molar-refractivity contribution in [2.45, 2.75) is 51.2 Å². The molecule has 0 heterocycles. The van der Waals surface area contributed by atoms with Gasteiger partial charge in [0, 0.05) is 29.7 Å². The van der Waals surface area contributed by atoms with E-state index in [2.05, 4.69) is 68.4 Å². The van der Waals surface area contributed by atoms with Gasteiger partial charge in [-0.25, -0.2) is 0 Å². The maximum Gasteiger partial charge on any atom is 0.119 e. The second-order valence-electron chi connectivity index (χ2n) is 8.15. The maximum absolute atomic E-state index is 6.17. The minimum absolute atomic E-state index is 0.0280. The molecule has 0 bridgehead atoms. The summed E-state index contributed by atoms with van der Waals surface area (Å²) in [7, 11) is 3.96. The van der Waals surface area contributed by atoms with Crippen molar-refractivity contribution in [3.63, 3.8) is 0 Å². The molecule has 0 aliphatic heterocycles. The molecule has 0 spiro atoms. The van der Waals surface area contributed by atoms with Gasteiger partial charge in [0.25, 0.3) is 0 Å². The lowest BCUT2D eigenvalue weighted by atomic mass is 9.66. The first-order valence-corrected chi connectivity index (χ1v) is 9.82. The van der Waals surface area contributed by atoms with E-state index in [0.717, 1.165) is 36.5 Å². The Morgan fingerprint density at radius 2 is 1.96 bits per heavy atom. The number of hydrogen-bond acceptors (Lipinski definition) is 4. The van der Waals surface area contributed by atoms with Crippen LogP contribution in [0.3, 0.4) is 0 Å². The summed E-state index contributed by atoms with van der Waals surface area (Å²) in [6.45, 7) is 8.70. The van der Waals surface area contributed by atoms with Gasteiger partial charge in [-0.2, -0.15) is 0 Å². The van der Waals surface area contributed by atoms with Crippen molar-refractivity contribution in [3.8, 4) is 5.75 Å². The first-order chi connectivity index (χ1) is 12.9. The number of anilines is 1. The minimum Gasteiger partial charge on any atom is -0.497 e. The Morgan fingerprint density at radius 3 is 2.63 bits per heavy atom. The Balaban J connectivity index is 1.95. The number of methoxy groups -OCH3 is 1. The minimum atomic E-state index is -0.0280. The first-order valence-electron chi connectivity index (χ1n) is 9.82. The van der Waals surface area contributed by atoms with Crippen LogP contribution in [0.2, 0.25) is 0 Å². The largest absolute Gasteiger partial charge is 0.497 e. The summed E-state index contributed by atoms with van der Waals surface area (Å²) >= 11 is 0. The summed E-state index contributed by atoms with van der Waals surface area (Å²) in [5, 5.41) is 3.85. The van der Waals surface area contributed by atoms with Crippen LogP contribution in [0.25, 0.3) is 0 Å². The molecule has 2 aromatic rings. The van der Waals surface area contributed by atoms with Crippen molar-refractivity contribution in [3.05, 3.63) is 59.2 Å². The first kappa shape index (κ1) is 19.7. The molecule has 27 heavy (non-hydrogen) atoms. The van der Waals surface area contributed by atoms with E-state index in [1.165, 1.54) is 11.1 Å². The normalized spacial score (nSPS) is 21.1. The fourth-order valence-electron chi connectivity index (χ4n) is 4.40. The third kappa shape index (κ3) is 3.83. The van der Waals surface area contributed by atoms with Crippen LogP contribution in [-0.2, 0) is 18.4 Å². The van der Waals surface area contributed by atoms with Gasteiger partial charge in [0.05, 0.1) is 7.11 Å². The average Bonchev–Trinajstić information content (AvgIpc) is 2.67. The van der Waals surface area contributed by atoms with Crippen LogP contribution in [0.1, 0.15) is 37.5 Å². The Labute approximate surface area is 163 Å². The van der Waals surface area contributed by atoms with Gasteiger partial charge in [0.2, 0.25) is 0 Å². The lowest BCUT2D eigenvalue weighted by Gasteiger charge is -2.49. The molecule has 4 heteroatoms. The number of hydrogen-bond donors (Lipinski definition) is 2. The van der Waals surface area contributed by atoms with Crippen LogP contribution >= 0.6 is 0 Å². The monoisotopic (exact) mass is 367 g/mol. The van der Waals surface area contributed by atoms with E-state index in [9.17, 15) is 0 Å². The maximum atomic E-state index is 6.17. The van der Waals surface area contributed by atoms with Gasteiger partial charge >= 0.3 is 0 Å². The molecule has 0 radical (unpaired) electrons. The molecule has 1 aliphatic rings.